The van der Waals surface area contributed by atoms with E-state index in [0.29, 0.717) is 23.8 Å². The summed E-state index contributed by atoms with van der Waals surface area (Å²) in [7, 11) is 0. The Morgan fingerprint density at radius 3 is 2.59 bits per heavy atom. The van der Waals surface area contributed by atoms with Crippen LogP contribution in [0, 0.1) is 19.8 Å². The molecule has 3 aromatic rings. The molecule has 27 heavy (non-hydrogen) atoms. The number of halogens is 1. The molecule has 0 saturated carbocycles. The summed E-state index contributed by atoms with van der Waals surface area (Å²) in [5.41, 5.74) is 2.59. The van der Waals surface area contributed by atoms with E-state index in [9.17, 15) is 4.79 Å². The highest BCUT2D eigenvalue weighted by Gasteiger charge is 2.34. The van der Waals surface area contributed by atoms with Crippen LogP contribution in [-0.2, 0) is 4.79 Å². The van der Waals surface area contributed by atoms with Gasteiger partial charge >= 0.3 is 0 Å². The van der Waals surface area contributed by atoms with E-state index in [4.69, 9.17) is 11.6 Å². The van der Waals surface area contributed by atoms with E-state index in [0.717, 1.165) is 23.0 Å². The van der Waals surface area contributed by atoms with Crippen molar-refractivity contribution in [2.45, 2.75) is 13.8 Å². The predicted octanol–water partition coefficient (Wildman–Crippen LogP) is 3.01. The molecule has 0 spiro atoms. The molecule has 0 atom stereocenters. The van der Waals surface area contributed by atoms with Crippen molar-refractivity contribution in [1.82, 2.24) is 19.7 Å². The summed E-state index contributed by atoms with van der Waals surface area (Å²) >= 11 is 6.10. The lowest BCUT2D eigenvalue weighted by molar-refractivity contribution is -0.120. The lowest BCUT2D eigenvalue weighted by Gasteiger charge is -2.39. The van der Waals surface area contributed by atoms with Crippen LogP contribution in [0.1, 0.15) is 11.4 Å². The Morgan fingerprint density at radius 1 is 1.15 bits per heavy atom. The summed E-state index contributed by atoms with van der Waals surface area (Å²) in [5.74, 6) is 1.37. The molecule has 1 amide bonds. The third-order valence-corrected chi connectivity index (χ3v) is 4.90. The Hall–Kier alpha value is -2.93. The van der Waals surface area contributed by atoms with Gasteiger partial charge in [0.1, 0.15) is 12.1 Å². The van der Waals surface area contributed by atoms with Crippen molar-refractivity contribution in [2.24, 2.45) is 5.92 Å². The van der Waals surface area contributed by atoms with Gasteiger partial charge in [-0.1, -0.05) is 23.7 Å². The molecule has 0 unspecified atom stereocenters. The molecular weight excluding hydrogens is 364 g/mol. The largest absolute Gasteiger partial charge is 0.355 e. The Morgan fingerprint density at radius 2 is 1.89 bits per heavy atom. The summed E-state index contributed by atoms with van der Waals surface area (Å²) in [5, 5.41) is 7.88. The van der Waals surface area contributed by atoms with Gasteiger partial charge in [-0.25, -0.2) is 14.6 Å². The van der Waals surface area contributed by atoms with Crippen LogP contribution in [0.5, 0.6) is 0 Å². The number of aryl methyl sites for hydroxylation is 2. The summed E-state index contributed by atoms with van der Waals surface area (Å²) in [6, 6.07) is 11.1. The first-order chi connectivity index (χ1) is 13.0. The quantitative estimate of drug-likeness (QED) is 0.750. The molecule has 1 saturated heterocycles. The SMILES string of the molecule is Cc1cc(C)n(-c2cc(N3CC(C(=O)Nc4ccccc4Cl)C3)ncn2)n1. The van der Waals surface area contributed by atoms with Crippen molar-refractivity contribution < 1.29 is 4.79 Å². The number of hydrogen-bond donors (Lipinski definition) is 1. The van der Waals surface area contributed by atoms with Gasteiger partial charge in [0.25, 0.3) is 0 Å². The number of rotatable bonds is 4. The van der Waals surface area contributed by atoms with Crippen LogP contribution in [0.2, 0.25) is 5.02 Å². The lowest BCUT2D eigenvalue weighted by Crippen LogP contribution is -2.52. The van der Waals surface area contributed by atoms with Crippen LogP contribution in [-0.4, -0.2) is 38.7 Å². The molecule has 7 nitrogen and oxygen atoms in total. The second-order valence-electron chi connectivity index (χ2n) is 6.64. The molecule has 138 valence electrons. The number of carbonyl (C=O) groups is 1. The Bertz CT molecular complexity index is 995. The Labute approximate surface area is 162 Å². The molecule has 1 aromatic carbocycles. The van der Waals surface area contributed by atoms with Gasteiger partial charge in [-0.15, -0.1) is 0 Å². The highest BCUT2D eigenvalue weighted by atomic mass is 35.5. The molecule has 8 heteroatoms. The number of amides is 1. The van der Waals surface area contributed by atoms with Gasteiger partial charge in [0.15, 0.2) is 5.82 Å². The second-order valence-corrected chi connectivity index (χ2v) is 7.05. The zero-order valence-electron chi connectivity index (χ0n) is 15.1. The minimum Gasteiger partial charge on any atom is -0.355 e. The standard InChI is InChI=1S/C19H19ClN6O/c1-12-7-13(2)26(24-12)18-8-17(21-11-22-18)25-9-14(10-25)19(27)23-16-6-4-3-5-15(16)20/h3-8,11,14H,9-10H2,1-2H3,(H,23,27). The molecule has 1 aliphatic rings. The van der Waals surface area contributed by atoms with Crippen molar-refractivity contribution in [3.8, 4) is 5.82 Å². The monoisotopic (exact) mass is 382 g/mol. The number of carbonyl (C=O) groups excluding carboxylic acids is 1. The number of nitrogens with zero attached hydrogens (tertiary/aromatic N) is 5. The number of nitrogens with one attached hydrogen (secondary N) is 1. The number of hydrogen-bond acceptors (Lipinski definition) is 5. The van der Waals surface area contributed by atoms with Crippen LogP contribution in [0.15, 0.2) is 42.7 Å². The molecule has 2 aromatic heterocycles. The van der Waals surface area contributed by atoms with Gasteiger partial charge in [0, 0.05) is 24.8 Å². The van der Waals surface area contributed by atoms with E-state index >= 15 is 0 Å². The first-order valence-corrected chi connectivity index (χ1v) is 9.05. The maximum Gasteiger partial charge on any atom is 0.231 e. The fourth-order valence-corrected chi connectivity index (χ4v) is 3.30. The fourth-order valence-electron chi connectivity index (χ4n) is 3.12. The Kier molecular flexibility index (Phi) is 4.53. The van der Waals surface area contributed by atoms with Crippen LogP contribution in [0.4, 0.5) is 11.5 Å². The van der Waals surface area contributed by atoms with Crippen molar-refractivity contribution in [3.05, 3.63) is 59.1 Å². The summed E-state index contributed by atoms with van der Waals surface area (Å²) < 4.78 is 1.79. The molecule has 0 radical (unpaired) electrons. The van der Waals surface area contributed by atoms with Crippen LogP contribution >= 0.6 is 11.6 Å². The first kappa shape index (κ1) is 17.5. The third kappa shape index (κ3) is 3.50. The van der Waals surface area contributed by atoms with E-state index in [2.05, 4.69) is 20.4 Å². The van der Waals surface area contributed by atoms with Crippen LogP contribution in [0.25, 0.3) is 5.82 Å². The molecule has 0 aliphatic carbocycles. The highest BCUT2D eigenvalue weighted by molar-refractivity contribution is 6.33. The number of para-hydroxylation sites is 1. The molecule has 1 N–H and O–H groups in total. The zero-order valence-corrected chi connectivity index (χ0v) is 15.8. The Balaban J connectivity index is 1.42. The molecule has 0 bridgehead atoms. The lowest BCUT2D eigenvalue weighted by atomic mass is 9.99. The van der Waals surface area contributed by atoms with Crippen molar-refractivity contribution >= 4 is 29.0 Å². The minimum absolute atomic E-state index is 0.0350. The summed E-state index contributed by atoms with van der Waals surface area (Å²) in [6.45, 7) is 5.14. The average Bonchev–Trinajstić information content (AvgIpc) is 2.94. The van der Waals surface area contributed by atoms with Gasteiger partial charge in [0.2, 0.25) is 5.91 Å². The molecule has 1 fully saturated rings. The first-order valence-electron chi connectivity index (χ1n) is 8.67. The fraction of sp³-hybridized carbons (Fsp3) is 0.263. The predicted molar refractivity (Wildman–Crippen MR) is 104 cm³/mol. The molecular formula is C19H19ClN6O. The summed E-state index contributed by atoms with van der Waals surface area (Å²) in [6.07, 6.45) is 1.53. The minimum atomic E-state index is -0.103. The van der Waals surface area contributed by atoms with Gasteiger partial charge < -0.3 is 10.2 Å². The van der Waals surface area contributed by atoms with Crippen LogP contribution in [0.3, 0.4) is 0 Å². The second kappa shape index (κ2) is 7.00. The van der Waals surface area contributed by atoms with E-state index in [1.807, 2.05) is 43.0 Å². The highest BCUT2D eigenvalue weighted by Crippen LogP contribution is 2.26. The van der Waals surface area contributed by atoms with Crippen LogP contribution < -0.4 is 10.2 Å². The normalized spacial score (nSPS) is 14.1. The van der Waals surface area contributed by atoms with Crippen molar-refractivity contribution in [3.63, 3.8) is 0 Å². The summed E-state index contributed by atoms with van der Waals surface area (Å²) in [4.78, 5) is 23.1. The van der Waals surface area contributed by atoms with Crippen molar-refractivity contribution in [2.75, 3.05) is 23.3 Å². The maximum absolute atomic E-state index is 12.4. The van der Waals surface area contributed by atoms with Gasteiger partial charge in [-0.2, -0.15) is 5.10 Å². The van der Waals surface area contributed by atoms with Gasteiger partial charge in [-0.05, 0) is 32.0 Å². The average molecular weight is 383 g/mol. The van der Waals surface area contributed by atoms with E-state index in [1.54, 1.807) is 16.8 Å². The third-order valence-electron chi connectivity index (χ3n) is 4.57. The number of benzene rings is 1. The zero-order chi connectivity index (χ0) is 19.0. The van der Waals surface area contributed by atoms with Crippen molar-refractivity contribution in [1.29, 1.82) is 0 Å². The smallest absolute Gasteiger partial charge is 0.231 e. The maximum atomic E-state index is 12.4. The number of anilines is 2. The molecule has 4 rings (SSSR count). The van der Waals surface area contributed by atoms with Gasteiger partial charge in [0.05, 0.1) is 22.3 Å². The topological polar surface area (TPSA) is 75.9 Å². The molecule has 1 aliphatic heterocycles. The van der Waals surface area contributed by atoms with Gasteiger partial charge in [-0.3, -0.25) is 4.79 Å². The number of aromatic nitrogens is 4. The molecule has 3 heterocycles. The van der Waals surface area contributed by atoms with E-state index < -0.39 is 0 Å². The van der Waals surface area contributed by atoms with E-state index in [-0.39, 0.29) is 11.8 Å². The van der Waals surface area contributed by atoms with E-state index in [1.165, 1.54) is 6.33 Å².